The van der Waals surface area contributed by atoms with Crippen molar-refractivity contribution >= 4 is 16.0 Å². The maximum absolute atomic E-state index is 11.2. The standard InChI is InChI=1S/C6H10N4O2S/c1-7-6-9-3-5(4-10-6)13(11,12)8-2/h3-4,8H,1-2H3,(H,7,9,10). The van der Waals surface area contributed by atoms with Crippen LogP contribution in [0.3, 0.4) is 0 Å². The van der Waals surface area contributed by atoms with E-state index < -0.39 is 10.0 Å². The molecule has 0 aliphatic heterocycles. The van der Waals surface area contributed by atoms with Gasteiger partial charge in [-0.3, -0.25) is 0 Å². The van der Waals surface area contributed by atoms with E-state index in [2.05, 4.69) is 20.0 Å². The lowest BCUT2D eigenvalue weighted by molar-refractivity contribution is 0.587. The van der Waals surface area contributed by atoms with Gasteiger partial charge in [0, 0.05) is 7.05 Å². The molecular formula is C6H10N4O2S. The third kappa shape index (κ3) is 2.13. The Morgan fingerprint density at radius 3 is 2.15 bits per heavy atom. The molecule has 2 N–H and O–H groups in total. The van der Waals surface area contributed by atoms with E-state index in [0.29, 0.717) is 5.95 Å². The molecule has 6 nitrogen and oxygen atoms in total. The molecule has 7 heteroatoms. The fraction of sp³-hybridized carbons (Fsp3) is 0.333. The zero-order valence-electron chi connectivity index (χ0n) is 7.27. The van der Waals surface area contributed by atoms with Crippen molar-refractivity contribution in [2.75, 3.05) is 19.4 Å². The third-order valence-electron chi connectivity index (χ3n) is 1.43. The third-order valence-corrected chi connectivity index (χ3v) is 2.80. The van der Waals surface area contributed by atoms with Crippen LogP contribution in [0.2, 0.25) is 0 Å². The van der Waals surface area contributed by atoms with Crippen LogP contribution in [0, 0.1) is 0 Å². The summed E-state index contributed by atoms with van der Waals surface area (Å²) >= 11 is 0. The molecule has 0 aliphatic carbocycles. The van der Waals surface area contributed by atoms with E-state index in [0.717, 1.165) is 0 Å². The molecule has 0 unspecified atom stereocenters. The van der Waals surface area contributed by atoms with Gasteiger partial charge in [0.25, 0.3) is 0 Å². The number of hydrogen-bond acceptors (Lipinski definition) is 5. The van der Waals surface area contributed by atoms with Gasteiger partial charge in [-0.2, -0.15) is 0 Å². The summed E-state index contributed by atoms with van der Waals surface area (Å²) in [7, 11) is -0.437. The molecule has 0 atom stereocenters. The molecule has 72 valence electrons. The van der Waals surface area contributed by atoms with E-state index in [1.807, 2.05) is 0 Å². The zero-order chi connectivity index (χ0) is 9.90. The average molecular weight is 202 g/mol. The molecule has 13 heavy (non-hydrogen) atoms. The molecule has 0 amide bonds. The Balaban J connectivity index is 3.06. The summed E-state index contributed by atoms with van der Waals surface area (Å²) in [6.07, 6.45) is 2.48. The molecule has 0 spiro atoms. The molecule has 1 rings (SSSR count). The summed E-state index contributed by atoms with van der Waals surface area (Å²) in [5.74, 6) is 0.384. The Kier molecular flexibility index (Phi) is 2.79. The zero-order valence-corrected chi connectivity index (χ0v) is 8.09. The first-order valence-corrected chi connectivity index (χ1v) is 5.02. The highest BCUT2D eigenvalue weighted by molar-refractivity contribution is 7.89. The molecule has 0 saturated carbocycles. The Labute approximate surface area is 76.5 Å². The number of rotatable bonds is 3. The highest BCUT2D eigenvalue weighted by Crippen LogP contribution is 2.05. The highest BCUT2D eigenvalue weighted by atomic mass is 32.2. The minimum atomic E-state index is -3.43. The van der Waals surface area contributed by atoms with Crippen LogP contribution in [0.15, 0.2) is 17.3 Å². The second-order valence-electron chi connectivity index (χ2n) is 2.20. The number of nitrogens with zero attached hydrogens (tertiary/aromatic N) is 2. The van der Waals surface area contributed by atoms with Crippen LogP contribution in [0.25, 0.3) is 0 Å². The van der Waals surface area contributed by atoms with Gasteiger partial charge in [0.05, 0.1) is 12.4 Å². The lowest BCUT2D eigenvalue weighted by Crippen LogP contribution is -2.19. The van der Waals surface area contributed by atoms with Crippen LogP contribution in [-0.2, 0) is 10.0 Å². The Hall–Kier alpha value is -1.21. The largest absolute Gasteiger partial charge is 0.357 e. The summed E-state index contributed by atoms with van der Waals surface area (Å²) in [4.78, 5) is 7.59. The highest BCUT2D eigenvalue weighted by Gasteiger charge is 2.11. The molecule has 0 bridgehead atoms. The van der Waals surface area contributed by atoms with Crippen LogP contribution >= 0.6 is 0 Å². The first-order valence-electron chi connectivity index (χ1n) is 3.53. The number of anilines is 1. The van der Waals surface area contributed by atoms with Gasteiger partial charge >= 0.3 is 0 Å². The molecule has 0 radical (unpaired) electrons. The molecule has 0 fully saturated rings. The number of nitrogens with one attached hydrogen (secondary N) is 2. The monoisotopic (exact) mass is 202 g/mol. The molecular weight excluding hydrogens is 192 g/mol. The van der Waals surface area contributed by atoms with Crippen molar-refractivity contribution in [2.24, 2.45) is 0 Å². The molecule has 1 heterocycles. The van der Waals surface area contributed by atoms with Crippen molar-refractivity contribution in [1.82, 2.24) is 14.7 Å². The molecule has 1 aromatic heterocycles. The smallest absolute Gasteiger partial charge is 0.243 e. The topological polar surface area (TPSA) is 84.0 Å². The molecule has 1 aromatic rings. The lowest BCUT2D eigenvalue weighted by atomic mass is 10.7. The van der Waals surface area contributed by atoms with Gasteiger partial charge in [-0.15, -0.1) is 0 Å². The van der Waals surface area contributed by atoms with E-state index in [4.69, 9.17) is 0 Å². The predicted molar refractivity (Wildman–Crippen MR) is 47.8 cm³/mol. The summed E-state index contributed by atoms with van der Waals surface area (Å²) in [5.41, 5.74) is 0. The molecule has 0 aromatic carbocycles. The summed E-state index contributed by atoms with van der Waals surface area (Å²) < 4.78 is 24.5. The first kappa shape index (κ1) is 9.87. The Morgan fingerprint density at radius 2 is 1.77 bits per heavy atom. The molecule has 0 aliphatic rings. The number of sulfonamides is 1. The van der Waals surface area contributed by atoms with E-state index in [9.17, 15) is 8.42 Å². The first-order chi connectivity index (χ1) is 6.10. The summed E-state index contributed by atoms with van der Waals surface area (Å²) in [6, 6.07) is 0. The van der Waals surface area contributed by atoms with Crippen molar-refractivity contribution in [3.05, 3.63) is 12.4 Å². The minimum Gasteiger partial charge on any atom is -0.357 e. The Morgan fingerprint density at radius 1 is 1.23 bits per heavy atom. The number of aromatic nitrogens is 2. The van der Waals surface area contributed by atoms with Gasteiger partial charge < -0.3 is 5.32 Å². The van der Waals surface area contributed by atoms with E-state index in [-0.39, 0.29) is 4.90 Å². The molecule has 0 saturated heterocycles. The second-order valence-corrected chi connectivity index (χ2v) is 4.09. The maximum Gasteiger partial charge on any atom is 0.243 e. The van der Waals surface area contributed by atoms with Gasteiger partial charge in [0.15, 0.2) is 0 Å². The average Bonchev–Trinajstić information content (AvgIpc) is 2.18. The number of hydrogen-bond donors (Lipinski definition) is 2. The predicted octanol–water partition coefficient (Wildman–Crippen LogP) is -0.574. The van der Waals surface area contributed by atoms with Gasteiger partial charge in [-0.25, -0.2) is 23.1 Å². The van der Waals surface area contributed by atoms with Gasteiger partial charge in [-0.05, 0) is 7.05 Å². The van der Waals surface area contributed by atoms with Crippen molar-refractivity contribution in [1.29, 1.82) is 0 Å². The van der Waals surface area contributed by atoms with E-state index in [1.54, 1.807) is 7.05 Å². The Bertz CT molecular complexity index is 372. The lowest BCUT2D eigenvalue weighted by Gasteiger charge is -2.01. The summed E-state index contributed by atoms with van der Waals surface area (Å²) in [5, 5.41) is 2.69. The van der Waals surface area contributed by atoms with Gasteiger partial charge in [0.2, 0.25) is 16.0 Å². The SMILES string of the molecule is CNc1ncc(S(=O)(=O)NC)cn1. The van der Waals surface area contributed by atoms with Crippen molar-refractivity contribution in [2.45, 2.75) is 4.90 Å². The quantitative estimate of drug-likeness (QED) is 0.685. The van der Waals surface area contributed by atoms with Gasteiger partial charge in [0.1, 0.15) is 4.90 Å². The van der Waals surface area contributed by atoms with Crippen molar-refractivity contribution in [3.63, 3.8) is 0 Å². The fourth-order valence-electron chi connectivity index (χ4n) is 0.702. The van der Waals surface area contributed by atoms with Crippen molar-refractivity contribution in [3.8, 4) is 0 Å². The van der Waals surface area contributed by atoms with Crippen LogP contribution in [0.1, 0.15) is 0 Å². The van der Waals surface area contributed by atoms with Crippen LogP contribution in [0.5, 0.6) is 0 Å². The van der Waals surface area contributed by atoms with Crippen molar-refractivity contribution < 1.29 is 8.42 Å². The maximum atomic E-state index is 11.2. The van der Waals surface area contributed by atoms with Gasteiger partial charge in [-0.1, -0.05) is 0 Å². The van der Waals surface area contributed by atoms with Crippen LogP contribution < -0.4 is 10.0 Å². The normalized spacial score (nSPS) is 11.2. The minimum absolute atomic E-state index is 0.0500. The summed E-state index contributed by atoms with van der Waals surface area (Å²) in [6.45, 7) is 0. The van der Waals surface area contributed by atoms with E-state index in [1.165, 1.54) is 19.4 Å². The van der Waals surface area contributed by atoms with E-state index >= 15 is 0 Å². The van der Waals surface area contributed by atoms with Crippen LogP contribution in [0.4, 0.5) is 5.95 Å². The van der Waals surface area contributed by atoms with Crippen LogP contribution in [-0.4, -0.2) is 32.5 Å². The fourth-order valence-corrected chi connectivity index (χ4v) is 1.32. The second kappa shape index (κ2) is 3.67.